The molecule has 1 saturated heterocycles. The first-order chi connectivity index (χ1) is 5.81. The van der Waals surface area contributed by atoms with Gasteiger partial charge in [0, 0.05) is 13.1 Å². The minimum Gasteiger partial charge on any atom is -0.229 e. The molecule has 0 amide bonds. The van der Waals surface area contributed by atoms with E-state index in [2.05, 4.69) is 0 Å². The summed E-state index contributed by atoms with van der Waals surface area (Å²) in [5.74, 6) is -0.0948. The van der Waals surface area contributed by atoms with Crippen molar-refractivity contribution in [2.75, 3.05) is 24.6 Å². The Kier molecular flexibility index (Phi) is 2.95. The predicted octanol–water partition coefficient (Wildman–Crippen LogP) is -1.69. The van der Waals surface area contributed by atoms with E-state index in [1.54, 1.807) is 0 Å². The molecule has 0 radical (unpaired) electrons. The highest BCUT2D eigenvalue weighted by molar-refractivity contribution is 7.91. The van der Waals surface area contributed by atoms with Crippen LogP contribution in [0.4, 0.5) is 0 Å². The Balaban J connectivity index is 2.77. The summed E-state index contributed by atoms with van der Waals surface area (Å²) in [5.41, 5.74) is 0. The molecule has 13 heavy (non-hydrogen) atoms. The maximum atomic E-state index is 11.1. The van der Waals surface area contributed by atoms with Gasteiger partial charge in [0.05, 0.1) is 11.5 Å². The monoisotopic (exact) mass is 228 g/mol. The Hall–Kier alpha value is -0.180. The Morgan fingerprint density at radius 3 is 2.31 bits per heavy atom. The molecule has 6 nitrogen and oxygen atoms in total. The smallest absolute Gasteiger partial charge is 0.229 e. The van der Waals surface area contributed by atoms with Gasteiger partial charge >= 0.3 is 0 Å². The molecule has 0 aromatic heterocycles. The van der Waals surface area contributed by atoms with E-state index in [9.17, 15) is 16.8 Å². The lowest BCUT2D eigenvalue weighted by molar-refractivity contribution is 0.435. The van der Waals surface area contributed by atoms with Crippen molar-refractivity contribution in [3.05, 3.63) is 0 Å². The van der Waals surface area contributed by atoms with Crippen molar-refractivity contribution in [1.29, 1.82) is 0 Å². The Bertz CT molecular complexity index is 371. The first-order valence-corrected chi connectivity index (χ1v) is 7.12. The fourth-order valence-corrected chi connectivity index (χ4v) is 3.29. The summed E-state index contributed by atoms with van der Waals surface area (Å²) < 4.78 is 44.9. The SMILES string of the molecule is NS(=O)(=O)N1CCCS(=O)(=O)CC1. The van der Waals surface area contributed by atoms with E-state index < -0.39 is 20.0 Å². The van der Waals surface area contributed by atoms with E-state index in [-0.39, 0.29) is 24.6 Å². The number of nitrogens with zero attached hydrogens (tertiary/aromatic N) is 1. The van der Waals surface area contributed by atoms with Crippen LogP contribution in [-0.4, -0.2) is 45.7 Å². The average molecular weight is 228 g/mol. The molecule has 0 bridgehead atoms. The molecule has 1 heterocycles. The van der Waals surface area contributed by atoms with Gasteiger partial charge in [0.15, 0.2) is 9.84 Å². The molecular formula is C5H12N2O4S2. The van der Waals surface area contributed by atoms with Gasteiger partial charge in [0.25, 0.3) is 10.2 Å². The summed E-state index contributed by atoms with van der Waals surface area (Å²) in [6.45, 7) is 0.166. The second-order valence-corrected chi connectivity index (χ2v) is 6.80. The zero-order valence-corrected chi connectivity index (χ0v) is 8.64. The van der Waals surface area contributed by atoms with Crippen LogP contribution in [0.2, 0.25) is 0 Å². The maximum absolute atomic E-state index is 11.1. The molecule has 0 aromatic carbocycles. The van der Waals surface area contributed by atoms with Gasteiger partial charge in [0.1, 0.15) is 0 Å². The first-order valence-electron chi connectivity index (χ1n) is 3.79. The van der Waals surface area contributed by atoms with Crippen molar-refractivity contribution in [2.24, 2.45) is 5.14 Å². The molecule has 2 N–H and O–H groups in total. The lowest BCUT2D eigenvalue weighted by atomic mass is 10.5. The molecule has 1 aliphatic heterocycles. The van der Waals surface area contributed by atoms with E-state index in [1.165, 1.54) is 0 Å². The standard InChI is InChI=1S/C5H12N2O4S2/c6-13(10,11)7-2-1-4-12(8,9)5-3-7/h1-5H2,(H2,6,10,11). The highest BCUT2D eigenvalue weighted by Gasteiger charge is 2.24. The molecule has 0 aromatic rings. The van der Waals surface area contributed by atoms with Crippen molar-refractivity contribution in [2.45, 2.75) is 6.42 Å². The van der Waals surface area contributed by atoms with Crippen LogP contribution in [0, 0.1) is 0 Å². The van der Waals surface area contributed by atoms with E-state index in [0.29, 0.717) is 6.42 Å². The molecule has 0 saturated carbocycles. The van der Waals surface area contributed by atoms with Gasteiger partial charge in [-0.25, -0.2) is 13.6 Å². The first kappa shape index (κ1) is 10.9. The predicted molar refractivity (Wildman–Crippen MR) is 48.0 cm³/mol. The lowest BCUT2D eigenvalue weighted by Gasteiger charge is -2.14. The van der Waals surface area contributed by atoms with Gasteiger partial charge < -0.3 is 0 Å². The van der Waals surface area contributed by atoms with E-state index >= 15 is 0 Å². The van der Waals surface area contributed by atoms with Crippen LogP contribution in [0.25, 0.3) is 0 Å². The largest absolute Gasteiger partial charge is 0.276 e. The van der Waals surface area contributed by atoms with Crippen LogP contribution in [0.5, 0.6) is 0 Å². The molecule has 0 unspecified atom stereocenters. The zero-order valence-electron chi connectivity index (χ0n) is 7.01. The summed E-state index contributed by atoms with van der Waals surface area (Å²) in [5, 5.41) is 4.87. The highest BCUT2D eigenvalue weighted by Crippen LogP contribution is 2.06. The van der Waals surface area contributed by atoms with Crippen molar-refractivity contribution in [1.82, 2.24) is 4.31 Å². The second kappa shape index (κ2) is 3.52. The molecule has 8 heteroatoms. The minimum absolute atomic E-state index is 0.0266. The summed E-state index contributed by atoms with van der Waals surface area (Å²) >= 11 is 0. The van der Waals surface area contributed by atoms with Crippen LogP contribution < -0.4 is 5.14 Å². The van der Waals surface area contributed by atoms with Crippen molar-refractivity contribution < 1.29 is 16.8 Å². The molecule has 1 fully saturated rings. The van der Waals surface area contributed by atoms with Gasteiger partial charge in [-0.2, -0.15) is 12.7 Å². The second-order valence-electron chi connectivity index (χ2n) is 2.95. The van der Waals surface area contributed by atoms with Crippen LogP contribution in [0.15, 0.2) is 0 Å². The van der Waals surface area contributed by atoms with Crippen molar-refractivity contribution in [3.8, 4) is 0 Å². The van der Waals surface area contributed by atoms with Crippen LogP contribution in [0.1, 0.15) is 6.42 Å². The molecule has 78 valence electrons. The topological polar surface area (TPSA) is 97.5 Å². The zero-order chi connectivity index (χ0) is 10.1. The van der Waals surface area contributed by atoms with Gasteiger partial charge in [-0.3, -0.25) is 0 Å². The summed E-state index contributed by atoms with van der Waals surface area (Å²) in [7, 11) is -6.80. The van der Waals surface area contributed by atoms with Crippen molar-refractivity contribution in [3.63, 3.8) is 0 Å². The van der Waals surface area contributed by atoms with E-state index in [0.717, 1.165) is 4.31 Å². The number of nitrogens with two attached hydrogens (primary N) is 1. The molecule has 1 rings (SSSR count). The quantitative estimate of drug-likeness (QED) is 0.579. The summed E-state index contributed by atoms with van der Waals surface area (Å²) in [6.07, 6.45) is 0.318. The van der Waals surface area contributed by atoms with Gasteiger partial charge in [0.2, 0.25) is 0 Å². The number of sulfone groups is 1. The Labute approximate surface area is 77.8 Å². The lowest BCUT2D eigenvalue weighted by Crippen LogP contribution is -2.38. The van der Waals surface area contributed by atoms with Crippen LogP contribution in [0.3, 0.4) is 0 Å². The van der Waals surface area contributed by atoms with E-state index in [4.69, 9.17) is 5.14 Å². The molecule has 1 aliphatic rings. The minimum atomic E-state index is -3.73. The third-order valence-electron chi connectivity index (χ3n) is 1.87. The van der Waals surface area contributed by atoms with Crippen LogP contribution >= 0.6 is 0 Å². The number of rotatable bonds is 1. The normalized spacial score (nSPS) is 25.3. The van der Waals surface area contributed by atoms with Gasteiger partial charge in [-0.1, -0.05) is 0 Å². The molecule has 0 aliphatic carbocycles. The summed E-state index contributed by atoms with van der Waals surface area (Å²) in [4.78, 5) is 0. The van der Waals surface area contributed by atoms with Gasteiger partial charge in [-0.05, 0) is 6.42 Å². The highest BCUT2D eigenvalue weighted by atomic mass is 32.2. The Morgan fingerprint density at radius 1 is 1.15 bits per heavy atom. The molecule has 0 atom stereocenters. The Morgan fingerprint density at radius 2 is 1.77 bits per heavy atom. The van der Waals surface area contributed by atoms with E-state index in [1.807, 2.05) is 0 Å². The summed E-state index contributed by atoms with van der Waals surface area (Å²) in [6, 6.07) is 0. The maximum Gasteiger partial charge on any atom is 0.276 e. The number of hydrogen-bond donors (Lipinski definition) is 1. The fraction of sp³-hybridized carbons (Fsp3) is 1.00. The number of hydrogen-bond acceptors (Lipinski definition) is 4. The van der Waals surface area contributed by atoms with Crippen LogP contribution in [-0.2, 0) is 20.0 Å². The molecular weight excluding hydrogens is 216 g/mol. The van der Waals surface area contributed by atoms with Gasteiger partial charge in [-0.15, -0.1) is 0 Å². The molecule has 0 spiro atoms. The van der Waals surface area contributed by atoms with Crippen molar-refractivity contribution >= 4 is 20.0 Å². The third kappa shape index (κ3) is 3.22. The average Bonchev–Trinajstić information content (AvgIpc) is 2.08. The fourth-order valence-electron chi connectivity index (χ4n) is 1.17. The third-order valence-corrected chi connectivity index (χ3v) is 4.67.